The average Bonchev–Trinajstić information content (AvgIpc) is 2.84. The van der Waals surface area contributed by atoms with Gasteiger partial charge in [0.15, 0.2) is 5.75 Å². The van der Waals surface area contributed by atoms with E-state index in [1.54, 1.807) is 18.2 Å². The lowest BCUT2D eigenvalue weighted by Crippen LogP contribution is -2.08. The van der Waals surface area contributed by atoms with Gasteiger partial charge in [-0.05, 0) is 25.0 Å². The molecule has 0 unspecified atom stereocenters. The van der Waals surface area contributed by atoms with Crippen LogP contribution in [0.4, 0.5) is 0 Å². The summed E-state index contributed by atoms with van der Waals surface area (Å²) in [6.45, 7) is 0. The van der Waals surface area contributed by atoms with Gasteiger partial charge in [-0.3, -0.25) is 9.59 Å². The largest absolute Gasteiger partial charge is 0.481 e. The van der Waals surface area contributed by atoms with Crippen molar-refractivity contribution in [2.24, 2.45) is 0 Å². The van der Waals surface area contributed by atoms with E-state index in [1.165, 1.54) is 0 Å². The van der Waals surface area contributed by atoms with Crippen LogP contribution >= 0.6 is 11.7 Å². The molecule has 7 heteroatoms. The van der Waals surface area contributed by atoms with E-state index in [2.05, 4.69) is 8.75 Å². The molecule has 1 N–H and O–H groups in total. The number of benzene rings is 1. The minimum atomic E-state index is -0.855. The van der Waals surface area contributed by atoms with Gasteiger partial charge >= 0.3 is 11.9 Å². The summed E-state index contributed by atoms with van der Waals surface area (Å²) in [7, 11) is 0. The number of ether oxygens (including phenoxy) is 1. The van der Waals surface area contributed by atoms with Gasteiger partial charge in [-0.2, -0.15) is 8.75 Å². The normalized spacial score (nSPS) is 10.5. The number of unbranched alkanes of at least 4 members (excludes halogenated alkanes) is 1. The predicted molar refractivity (Wildman–Crippen MR) is 69.2 cm³/mol. The highest BCUT2D eigenvalue weighted by molar-refractivity contribution is 7.00. The van der Waals surface area contributed by atoms with E-state index in [1.807, 2.05) is 0 Å². The van der Waals surface area contributed by atoms with E-state index in [0.717, 1.165) is 11.7 Å². The fourth-order valence-corrected chi connectivity index (χ4v) is 2.12. The molecular weight excluding hydrogens is 268 g/mol. The molecule has 2 rings (SSSR count). The number of hydrogen-bond acceptors (Lipinski definition) is 6. The molecule has 0 aliphatic carbocycles. The number of hydrogen-bond donors (Lipinski definition) is 1. The molecule has 0 saturated carbocycles. The number of rotatable bonds is 6. The second-order valence-electron chi connectivity index (χ2n) is 3.96. The van der Waals surface area contributed by atoms with Crippen LogP contribution in [-0.4, -0.2) is 25.8 Å². The molecule has 0 radical (unpaired) electrons. The van der Waals surface area contributed by atoms with E-state index in [0.29, 0.717) is 29.6 Å². The van der Waals surface area contributed by atoms with Crippen LogP contribution in [-0.2, 0) is 9.59 Å². The Hall–Kier alpha value is -2.02. The lowest BCUT2D eigenvalue weighted by atomic mass is 10.2. The Bertz CT molecular complexity index is 596. The second-order valence-corrected chi connectivity index (χ2v) is 4.49. The zero-order valence-electron chi connectivity index (χ0n) is 10.0. The summed E-state index contributed by atoms with van der Waals surface area (Å²) in [6, 6.07) is 5.21. The molecule has 0 saturated heterocycles. The first-order chi connectivity index (χ1) is 9.16. The van der Waals surface area contributed by atoms with Crippen molar-refractivity contribution in [2.45, 2.75) is 25.7 Å². The molecule has 0 aliphatic rings. The van der Waals surface area contributed by atoms with E-state index in [-0.39, 0.29) is 18.8 Å². The molecule has 100 valence electrons. The maximum absolute atomic E-state index is 11.6. The van der Waals surface area contributed by atoms with Gasteiger partial charge in [0.25, 0.3) is 0 Å². The molecule has 0 fully saturated rings. The van der Waals surface area contributed by atoms with Crippen molar-refractivity contribution < 1.29 is 19.4 Å². The van der Waals surface area contributed by atoms with Crippen LogP contribution in [0, 0.1) is 0 Å². The average molecular weight is 280 g/mol. The first-order valence-corrected chi connectivity index (χ1v) is 6.53. The van der Waals surface area contributed by atoms with Crippen molar-refractivity contribution in [2.75, 3.05) is 0 Å². The molecule has 2 aromatic rings. The van der Waals surface area contributed by atoms with Crippen LogP contribution < -0.4 is 4.74 Å². The summed E-state index contributed by atoms with van der Waals surface area (Å²) in [5.74, 6) is -0.841. The fourth-order valence-electron chi connectivity index (χ4n) is 1.58. The third kappa shape index (κ3) is 3.72. The number of aromatic nitrogens is 2. The molecule has 0 atom stereocenters. The Morgan fingerprint density at radius 3 is 2.79 bits per heavy atom. The predicted octanol–water partition coefficient (Wildman–Crippen LogP) is 2.24. The minimum absolute atomic E-state index is 0.0683. The maximum Gasteiger partial charge on any atom is 0.311 e. The first-order valence-electron chi connectivity index (χ1n) is 5.80. The zero-order chi connectivity index (χ0) is 13.7. The van der Waals surface area contributed by atoms with Gasteiger partial charge < -0.3 is 9.84 Å². The quantitative estimate of drug-likeness (QED) is 0.496. The van der Waals surface area contributed by atoms with Crippen LogP contribution in [0.2, 0.25) is 0 Å². The second kappa shape index (κ2) is 6.24. The Morgan fingerprint density at radius 2 is 2.00 bits per heavy atom. The summed E-state index contributed by atoms with van der Waals surface area (Å²) in [6.07, 6.45) is 1.23. The van der Waals surface area contributed by atoms with Gasteiger partial charge in [0.2, 0.25) is 0 Å². The molecule has 1 heterocycles. The van der Waals surface area contributed by atoms with Gasteiger partial charge in [0, 0.05) is 12.8 Å². The van der Waals surface area contributed by atoms with Crippen LogP contribution in [0.5, 0.6) is 5.75 Å². The summed E-state index contributed by atoms with van der Waals surface area (Å²) < 4.78 is 13.3. The van der Waals surface area contributed by atoms with Gasteiger partial charge in [0.05, 0.1) is 11.7 Å². The lowest BCUT2D eigenvalue weighted by Gasteiger charge is -2.04. The smallest absolute Gasteiger partial charge is 0.311 e. The van der Waals surface area contributed by atoms with Crippen molar-refractivity contribution in [3.8, 4) is 5.75 Å². The fraction of sp³-hybridized carbons (Fsp3) is 0.333. The number of esters is 1. The van der Waals surface area contributed by atoms with Crippen molar-refractivity contribution in [3.63, 3.8) is 0 Å². The third-order valence-corrected chi connectivity index (χ3v) is 3.04. The van der Waals surface area contributed by atoms with E-state index in [4.69, 9.17) is 9.84 Å². The number of carboxylic acid groups (broad SMARTS) is 1. The molecule has 19 heavy (non-hydrogen) atoms. The molecule has 0 amide bonds. The highest BCUT2D eigenvalue weighted by Gasteiger charge is 2.10. The number of fused-ring (bicyclic) bond motifs is 1. The highest BCUT2D eigenvalue weighted by atomic mass is 32.1. The van der Waals surface area contributed by atoms with Crippen molar-refractivity contribution >= 4 is 34.7 Å². The van der Waals surface area contributed by atoms with Gasteiger partial charge in [-0.25, -0.2) is 0 Å². The number of nitrogens with zero attached hydrogens (tertiary/aromatic N) is 2. The monoisotopic (exact) mass is 280 g/mol. The third-order valence-electron chi connectivity index (χ3n) is 2.49. The lowest BCUT2D eigenvalue weighted by molar-refractivity contribution is -0.138. The van der Waals surface area contributed by atoms with Crippen LogP contribution in [0.1, 0.15) is 25.7 Å². The molecule has 1 aromatic heterocycles. The van der Waals surface area contributed by atoms with E-state index < -0.39 is 5.97 Å². The van der Waals surface area contributed by atoms with Crippen molar-refractivity contribution in [1.29, 1.82) is 0 Å². The highest BCUT2D eigenvalue weighted by Crippen LogP contribution is 2.23. The molecular formula is C12H12N2O4S. The number of carbonyl (C=O) groups excluding carboxylic acids is 1. The van der Waals surface area contributed by atoms with E-state index in [9.17, 15) is 9.59 Å². The van der Waals surface area contributed by atoms with Crippen molar-refractivity contribution in [1.82, 2.24) is 8.75 Å². The van der Waals surface area contributed by atoms with Crippen LogP contribution in [0.3, 0.4) is 0 Å². The standard InChI is InChI=1S/C12H12N2O4S/c15-10(16)6-1-2-7-11(17)18-9-5-3-4-8-12(9)14-19-13-8/h3-5H,1-2,6-7H2,(H,15,16). The molecule has 0 spiro atoms. The molecule has 0 aliphatic heterocycles. The van der Waals surface area contributed by atoms with Gasteiger partial charge in [-0.15, -0.1) is 0 Å². The Labute approximate surface area is 113 Å². The van der Waals surface area contributed by atoms with Crippen LogP contribution in [0.15, 0.2) is 18.2 Å². The van der Waals surface area contributed by atoms with Gasteiger partial charge in [-0.1, -0.05) is 6.07 Å². The van der Waals surface area contributed by atoms with Crippen molar-refractivity contribution in [3.05, 3.63) is 18.2 Å². The van der Waals surface area contributed by atoms with Gasteiger partial charge in [0.1, 0.15) is 11.0 Å². The molecule has 1 aromatic carbocycles. The topological polar surface area (TPSA) is 89.4 Å². The Morgan fingerprint density at radius 1 is 1.21 bits per heavy atom. The minimum Gasteiger partial charge on any atom is -0.481 e. The maximum atomic E-state index is 11.6. The Kier molecular flexibility index (Phi) is 4.40. The van der Waals surface area contributed by atoms with E-state index >= 15 is 0 Å². The number of aliphatic carboxylic acids is 1. The summed E-state index contributed by atoms with van der Waals surface area (Å²) >= 11 is 1.06. The first kappa shape index (κ1) is 13.4. The zero-order valence-corrected chi connectivity index (χ0v) is 10.9. The van der Waals surface area contributed by atoms with Crippen LogP contribution in [0.25, 0.3) is 11.0 Å². The summed E-state index contributed by atoms with van der Waals surface area (Å²) in [4.78, 5) is 21.9. The number of carbonyl (C=O) groups is 2. The Balaban J connectivity index is 1.88. The molecule has 6 nitrogen and oxygen atoms in total. The molecule has 0 bridgehead atoms. The summed E-state index contributed by atoms with van der Waals surface area (Å²) in [5.41, 5.74) is 1.27. The summed E-state index contributed by atoms with van der Waals surface area (Å²) in [5, 5.41) is 8.48. The SMILES string of the molecule is O=C(O)CCCCC(=O)Oc1cccc2nsnc12. The number of carboxylic acids is 1.